The van der Waals surface area contributed by atoms with Gasteiger partial charge in [0.25, 0.3) is 5.91 Å². The summed E-state index contributed by atoms with van der Waals surface area (Å²) in [6.07, 6.45) is 0. The SMILES string of the molecule is CCN1CCN(c2ccc(NC(=O)c3cc(OC)cc(OC)c3)c(C)c2)CC1. The molecular formula is C22H29N3O3. The minimum atomic E-state index is -0.190. The number of ether oxygens (including phenoxy) is 2. The number of hydrogen-bond donors (Lipinski definition) is 1. The number of nitrogens with one attached hydrogen (secondary N) is 1. The zero-order valence-electron chi connectivity index (χ0n) is 17.1. The molecule has 28 heavy (non-hydrogen) atoms. The third-order valence-electron chi connectivity index (χ3n) is 5.26. The maximum atomic E-state index is 12.7. The van der Waals surface area contributed by atoms with E-state index in [0.29, 0.717) is 17.1 Å². The molecule has 1 amide bonds. The summed E-state index contributed by atoms with van der Waals surface area (Å²) >= 11 is 0. The van der Waals surface area contributed by atoms with Crippen LogP contribution < -0.4 is 19.7 Å². The monoisotopic (exact) mass is 383 g/mol. The molecule has 0 aromatic heterocycles. The van der Waals surface area contributed by atoms with Gasteiger partial charge < -0.3 is 24.6 Å². The molecule has 0 unspecified atom stereocenters. The average Bonchev–Trinajstić information content (AvgIpc) is 2.74. The van der Waals surface area contributed by atoms with Crippen LogP contribution in [-0.4, -0.2) is 57.8 Å². The van der Waals surface area contributed by atoms with E-state index >= 15 is 0 Å². The Kier molecular flexibility index (Phi) is 6.41. The van der Waals surface area contributed by atoms with Crippen LogP contribution in [0.25, 0.3) is 0 Å². The number of piperazine rings is 1. The Morgan fingerprint density at radius 2 is 1.64 bits per heavy atom. The van der Waals surface area contributed by atoms with E-state index in [2.05, 4.69) is 34.2 Å². The number of rotatable bonds is 6. The van der Waals surface area contributed by atoms with E-state index in [4.69, 9.17) is 9.47 Å². The van der Waals surface area contributed by atoms with Crippen LogP contribution in [0.4, 0.5) is 11.4 Å². The fraction of sp³-hybridized carbons (Fsp3) is 0.409. The fourth-order valence-corrected chi connectivity index (χ4v) is 3.44. The molecule has 2 aromatic rings. The minimum absolute atomic E-state index is 0.190. The van der Waals surface area contributed by atoms with Crippen molar-refractivity contribution in [3.05, 3.63) is 47.5 Å². The molecule has 150 valence electrons. The van der Waals surface area contributed by atoms with Crippen molar-refractivity contribution < 1.29 is 14.3 Å². The molecule has 0 radical (unpaired) electrons. The van der Waals surface area contributed by atoms with Gasteiger partial charge in [-0.05, 0) is 49.4 Å². The lowest BCUT2D eigenvalue weighted by molar-refractivity contribution is 0.102. The van der Waals surface area contributed by atoms with Gasteiger partial charge in [0, 0.05) is 49.2 Å². The predicted octanol–water partition coefficient (Wildman–Crippen LogP) is 3.41. The van der Waals surface area contributed by atoms with Gasteiger partial charge in [-0.1, -0.05) is 6.92 Å². The molecule has 1 heterocycles. The van der Waals surface area contributed by atoms with Crippen LogP contribution in [0, 0.1) is 6.92 Å². The molecule has 1 aliphatic rings. The molecule has 0 bridgehead atoms. The first-order valence-electron chi connectivity index (χ1n) is 9.66. The molecular weight excluding hydrogens is 354 g/mol. The van der Waals surface area contributed by atoms with E-state index in [9.17, 15) is 4.79 Å². The summed E-state index contributed by atoms with van der Waals surface area (Å²) in [5.74, 6) is 0.982. The number of hydrogen-bond acceptors (Lipinski definition) is 5. The number of amides is 1. The van der Waals surface area contributed by atoms with Crippen molar-refractivity contribution in [2.75, 3.05) is 57.2 Å². The maximum absolute atomic E-state index is 12.7. The van der Waals surface area contributed by atoms with Crippen LogP contribution in [0.15, 0.2) is 36.4 Å². The van der Waals surface area contributed by atoms with Crippen LogP contribution in [0.2, 0.25) is 0 Å². The molecule has 2 aromatic carbocycles. The van der Waals surface area contributed by atoms with E-state index < -0.39 is 0 Å². The third kappa shape index (κ3) is 4.57. The molecule has 1 fully saturated rings. The second-order valence-corrected chi connectivity index (χ2v) is 6.98. The lowest BCUT2D eigenvalue weighted by Crippen LogP contribution is -2.46. The zero-order valence-corrected chi connectivity index (χ0v) is 17.1. The van der Waals surface area contributed by atoms with Crippen molar-refractivity contribution in [3.8, 4) is 11.5 Å². The highest BCUT2D eigenvalue weighted by molar-refractivity contribution is 6.05. The molecule has 6 nitrogen and oxygen atoms in total. The number of likely N-dealkylation sites (N-methyl/N-ethyl adjacent to an activating group) is 1. The van der Waals surface area contributed by atoms with Gasteiger partial charge in [0.05, 0.1) is 14.2 Å². The lowest BCUT2D eigenvalue weighted by Gasteiger charge is -2.35. The lowest BCUT2D eigenvalue weighted by atomic mass is 10.1. The molecule has 1 saturated heterocycles. The van der Waals surface area contributed by atoms with Gasteiger partial charge in [0.1, 0.15) is 11.5 Å². The molecule has 0 aliphatic carbocycles. The van der Waals surface area contributed by atoms with Crippen molar-refractivity contribution in [3.63, 3.8) is 0 Å². The number of benzene rings is 2. The van der Waals surface area contributed by atoms with Gasteiger partial charge in [-0.25, -0.2) is 0 Å². The van der Waals surface area contributed by atoms with Gasteiger partial charge in [-0.2, -0.15) is 0 Å². The molecule has 3 rings (SSSR count). The molecule has 6 heteroatoms. The number of methoxy groups -OCH3 is 2. The average molecular weight is 383 g/mol. The van der Waals surface area contributed by atoms with Crippen molar-refractivity contribution in [2.24, 2.45) is 0 Å². The fourth-order valence-electron chi connectivity index (χ4n) is 3.44. The summed E-state index contributed by atoms with van der Waals surface area (Å²) < 4.78 is 10.5. The Morgan fingerprint density at radius 3 is 2.18 bits per heavy atom. The zero-order chi connectivity index (χ0) is 20.1. The summed E-state index contributed by atoms with van der Waals surface area (Å²) in [5.41, 5.74) is 3.55. The van der Waals surface area contributed by atoms with Crippen LogP contribution in [0.3, 0.4) is 0 Å². The van der Waals surface area contributed by atoms with Crippen molar-refractivity contribution in [1.29, 1.82) is 0 Å². The number of nitrogens with zero attached hydrogens (tertiary/aromatic N) is 2. The van der Waals surface area contributed by atoms with Crippen molar-refractivity contribution in [2.45, 2.75) is 13.8 Å². The first-order chi connectivity index (χ1) is 13.5. The van der Waals surface area contributed by atoms with E-state index in [1.807, 2.05) is 13.0 Å². The Morgan fingerprint density at radius 1 is 1.00 bits per heavy atom. The van der Waals surface area contributed by atoms with Crippen LogP contribution in [0.1, 0.15) is 22.8 Å². The topological polar surface area (TPSA) is 54.0 Å². The van der Waals surface area contributed by atoms with Gasteiger partial charge in [0.15, 0.2) is 0 Å². The largest absolute Gasteiger partial charge is 0.497 e. The highest BCUT2D eigenvalue weighted by Crippen LogP contribution is 2.26. The number of carbonyl (C=O) groups is 1. The summed E-state index contributed by atoms with van der Waals surface area (Å²) in [7, 11) is 3.14. The second-order valence-electron chi connectivity index (χ2n) is 6.98. The summed E-state index contributed by atoms with van der Waals surface area (Å²) in [4.78, 5) is 17.6. The van der Waals surface area contributed by atoms with Gasteiger partial charge in [-0.3, -0.25) is 4.79 Å². The molecule has 0 spiro atoms. The van der Waals surface area contributed by atoms with E-state index in [-0.39, 0.29) is 5.91 Å². The van der Waals surface area contributed by atoms with Crippen LogP contribution >= 0.6 is 0 Å². The molecule has 1 N–H and O–H groups in total. The predicted molar refractivity (Wildman–Crippen MR) is 113 cm³/mol. The van der Waals surface area contributed by atoms with Crippen LogP contribution in [0.5, 0.6) is 11.5 Å². The highest BCUT2D eigenvalue weighted by atomic mass is 16.5. The number of carbonyl (C=O) groups excluding carboxylic acids is 1. The van der Waals surface area contributed by atoms with Crippen molar-refractivity contribution >= 4 is 17.3 Å². The van der Waals surface area contributed by atoms with Gasteiger partial charge in [0.2, 0.25) is 0 Å². The summed E-state index contributed by atoms with van der Waals surface area (Å²) in [6, 6.07) is 11.4. The maximum Gasteiger partial charge on any atom is 0.255 e. The van der Waals surface area contributed by atoms with Gasteiger partial charge >= 0.3 is 0 Å². The Labute approximate surface area is 167 Å². The van der Waals surface area contributed by atoms with Gasteiger partial charge in [-0.15, -0.1) is 0 Å². The van der Waals surface area contributed by atoms with Crippen LogP contribution in [-0.2, 0) is 0 Å². The number of anilines is 2. The number of aryl methyl sites for hydroxylation is 1. The summed E-state index contributed by atoms with van der Waals surface area (Å²) in [5, 5.41) is 3.00. The molecule has 1 aliphatic heterocycles. The standard InChI is InChI=1S/C22H29N3O3/c1-5-24-8-10-25(11-9-24)18-6-7-21(16(2)12-18)23-22(26)17-13-19(27-3)15-20(14-17)28-4/h6-7,12-15H,5,8-11H2,1-4H3,(H,23,26). The minimum Gasteiger partial charge on any atom is -0.497 e. The summed E-state index contributed by atoms with van der Waals surface area (Å²) in [6.45, 7) is 9.57. The normalized spacial score (nSPS) is 14.6. The Balaban J connectivity index is 1.72. The molecule has 0 atom stereocenters. The van der Waals surface area contributed by atoms with E-state index in [1.165, 1.54) is 5.69 Å². The quantitative estimate of drug-likeness (QED) is 0.829. The third-order valence-corrected chi connectivity index (χ3v) is 5.26. The Bertz CT molecular complexity index is 808. The van der Waals surface area contributed by atoms with E-state index in [0.717, 1.165) is 44.0 Å². The first kappa shape index (κ1) is 20.0. The highest BCUT2D eigenvalue weighted by Gasteiger charge is 2.17. The van der Waals surface area contributed by atoms with Crippen molar-refractivity contribution in [1.82, 2.24) is 4.90 Å². The smallest absolute Gasteiger partial charge is 0.255 e. The second kappa shape index (κ2) is 8.97. The molecule has 0 saturated carbocycles. The van der Waals surface area contributed by atoms with E-state index in [1.54, 1.807) is 32.4 Å². The Hall–Kier alpha value is -2.73. The first-order valence-corrected chi connectivity index (χ1v) is 9.66.